The largest absolute Gasteiger partial charge is 0.481 e. The third-order valence-corrected chi connectivity index (χ3v) is 6.68. The van der Waals surface area contributed by atoms with Crippen molar-refractivity contribution in [1.82, 2.24) is 4.98 Å². The summed E-state index contributed by atoms with van der Waals surface area (Å²) in [7, 11) is 0. The molecule has 2 amide bonds. The van der Waals surface area contributed by atoms with Crippen molar-refractivity contribution < 1.29 is 19.4 Å². The van der Waals surface area contributed by atoms with E-state index in [0.717, 1.165) is 15.4 Å². The molecule has 0 bridgehead atoms. The molecule has 1 heterocycles. The number of nitrogens with one attached hydrogen (secondary N) is 2. The molecule has 190 valence electrons. The van der Waals surface area contributed by atoms with E-state index in [4.69, 9.17) is 21.4 Å². The molecular formula is C28H26ClN3O4S. The number of nitrogens with zero attached hydrogens (tertiary/aromatic N) is 1. The Morgan fingerprint density at radius 3 is 2.46 bits per heavy atom. The molecule has 0 aliphatic rings. The Morgan fingerprint density at radius 2 is 1.76 bits per heavy atom. The Morgan fingerprint density at radius 1 is 1.03 bits per heavy atom. The van der Waals surface area contributed by atoms with Gasteiger partial charge >= 0.3 is 12.0 Å². The van der Waals surface area contributed by atoms with Crippen molar-refractivity contribution in [2.24, 2.45) is 5.41 Å². The lowest BCUT2D eigenvalue weighted by Crippen LogP contribution is -2.19. The van der Waals surface area contributed by atoms with Gasteiger partial charge in [-0.2, -0.15) is 0 Å². The van der Waals surface area contributed by atoms with Gasteiger partial charge in [0.25, 0.3) is 0 Å². The smallest absolute Gasteiger partial charge is 0.323 e. The number of carbonyl (C=O) groups is 2. The van der Waals surface area contributed by atoms with Gasteiger partial charge in [0.15, 0.2) is 5.75 Å². The summed E-state index contributed by atoms with van der Waals surface area (Å²) < 4.78 is 5.90. The van der Waals surface area contributed by atoms with Crippen LogP contribution in [-0.4, -0.2) is 22.1 Å². The molecule has 9 heteroatoms. The highest BCUT2D eigenvalue weighted by molar-refractivity contribution is 7.15. The summed E-state index contributed by atoms with van der Waals surface area (Å²) in [5, 5.41) is 16.1. The number of carboxylic acid groups (broad SMARTS) is 1. The van der Waals surface area contributed by atoms with Crippen LogP contribution in [0.3, 0.4) is 0 Å². The number of urea groups is 1. The zero-order chi connectivity index (χ0) is 26.4. The first-order valence-electron chi connectivity index (χ1n) is 11.5. The van der Waals surface area contributed by atoms with Gasteiger partial charge in [0.2, 0.25) is 0 Å². The second-order valence-electron chi connectivity index (χ2n) is 9.24. The van der Waals surface area contributed by atoms with E-state index in [1.807, 2.05) is 68.4 Å². The molecule has 0 aliphatic carbocycles. The second-order valence-corrected chi connectivity index (χ2v) is 10.8. The van der Waals surface area contributed by atoms with Gasteiger partial charge in [0.05, 0.1) is 22.0 Å². The van der Waals surface area contributed by atoms with Crippen LogP contribution in [0.2, 0.25) is 5.02 Å². The van der Waals surface area contributed by atoms with Crippen LogP contribution < -0.4 is 15.4 Å². The Balaban J connectivity index is 1.39. The van der Waals surface area contributed by atoms with E-state index < -0.39 is 12.0 Å². The molecule has 0 radical (unpaired) electrons. The molecule has 0 saturated heterocycles. The van der Waals surface area contributed by atoms with E-state index in [0.29, 0.717) is 34.3 Å². The van der Waals surface area contributed by atoms with Crippen molar-refractivity contribution in [1.29, 1.82) is 0 Å². The van der Waals surface area contributed by atoms with Crippen molar-refractivity contribution in [3.8, 4) is 21.9 Å². The predicted octanol–water partition coefficient (Wildman–Crippen LogP) is 7.94. The van der Waals surface area contributed by atoms with Gasteiger partial charge < -0.3 is 20.5 Å². The number of hydrogen-bond donors (Lipinski definition) is 3. The Kier molecular flexibility index (Phi) is 8.11. The average Bonchev–Trinajstić information content (AvgIpc) is 3.28. The first kappa shape index (κ1) is 26.2. The average molecular weight is 536 g/mol. The highest BCUT2D eigenvalue weighted by atomic mass is 35.5. The van der Waals surface area contributed by atoms with E-state index in [1.165, 1.54) is 11.3 Å². The summed E-state index contributed by atoms with van der Waals surface area (Å²) in [6, 6.07) is 21.2. The molecular weight excluding hydrogens is 510 g/mol. The number of carbonyl (C=O) groups excluding carboxylic acids is 1. The molecule has 3 aromatic carbocycles. The number of carboxylic acids is 1. The highest BCUT2D eigenvalue weighted by Gasteiger charge is 2.24. The quantitative estimate of drug-likeness (QED) is 0.202. The number of benzene rings is 3. The Hall–Kier alpha value is -3.88. The SMILES string of the molecule is CC(C)(CC(=O)O)Cc1ncc(-c2ccc(NC(=O)Nc3ccc(Cl)cc3Oc3ccccc3)cc2)s1. The van der Waals surface area contributed by atoms with Crippen LogP contribution in [-0.2, 0) is 11.2 Å². The molecule has 0 saturated carbocycles. The maximum absolute atomic E-state index is 12.7. The van der Waals surface area contributed by atoms with Crippen molar-refractivity contribution in [2.75, 3.05) is 10.6 Å². The molecule has 0 fully saturated rings. The molecule has 4 rings (SSSR count). The summed E-state index contributed by atoms with van der Waals surface area (Å²) in [5.41, 5.74) is 1.68. The fourth-order valence-electron chi connectivity index (χ4n) is 3.71. The van der Waals surface area contributed by atoms with Gasteiger partial charge in [-0.1, -0.05) is 55.8 Å². The lowest BCUT2D eigenvalue weighted by Gasteiger charge is -2.20. The number of aromatic nitrogens is 1. The first-order chi connectivity index (χ1) is 17.7. The van der Waals surface area contributed by atoms with Gasteiger partial charge in [0, 0.05) is 29.4 Å². The second kappa shape index (κ2) is 11.5. The number of aliphatic carboxylic acids is 1. The number of rotatable bonds is 9. The minimum Gasteiger partial charge on any atom is -0.481 e. The van der Waals surface area contributed by atoms with Crippen molar-refractivity contribution in [2.45, 2.75) is 26.7 Å². The number of ether oxygens (including phenoxy) is 1. The fourth-order valence-corrected chi connectivity index (χ4v) is 5.05. The molecule has 4 aromatic rings. The summed E-state index contributed by atoms with van der Waals surface area (Å²) in [6.45, 7) is 3.85. The highest BCUT2D eigenvalue weighted by Crippen LogP contribution is 2.34. The normalized spacial score (nSPS) is 11.1. The van der Waals surface area contributed by atoms with Gasteiger partial charge in [-0.25, -0.2) is 9.78 Å². The Bertz CT molecular complexity index is 1390. The molecule has 0 atom stereocenters. The van der Waals surface area contributed by atoms with E-state index in [2.05, 4.69) is 15.6 Å². The molecule has 1 aromatic heterocycles. The standard InChI is InChI=1S/C28H26ClN3O4S/c1-28(2,16-26(33)34)15-25-30-17-24(37-25)18-8-11-20(12-9-18)31-27(35)32-22-13-10-19(29)14-23(22)36-21-6-4-3-5-7-21/h3-14,17H,15-16H2,1-2H3,(H,33,34)(H2,31,32,35). The number of thiazole rings is 1. The number of amides is 2. The molecule has 0 spiro atoms. The van der Waals surface area contributed by atoms with E-state index in [9.17, 15) is 9.59 Å². The van der Waals surface area contributed by atoms with Crippen molar-refractivity contribution in [3.05, 3.63) is 89.0 Å². The fraction of sp³-hybridized carbons (Fsp3) is 0.179. The van der Waals surface area contributed by atoms with E-state index >= 15 is 0 Å². The van der Waals surface area contributed by atoms with Gasteiger partial charge in [-0.05, 0) is 47.4 Å². The summed E-state index contributed by atoms with van der Waals surface area (Å²) in [4.78, 5) is 29.2. The van der Waals surface area contributed by atoms with Crippen LogP contribution in [0.5, 0.6) is 11.5 Å². The zero-order valence-corrected chi connectivity index (χ0v) is 21.9. The zero-order valence-electron chi connectivity index (χ0n) is 20.3. The number of anilines is 2. The number of hydrogen-bond acceptors (Lipinski definition) is 5. The molecule has 37 heavy (non-hydrogen) atoms. The Labute approximate surface area is 224 Å². The van der Waals surface area contributed by atoms with Crippen LogP contribution in [0.25, 0.3) is 10.4 Å². The van der Waals surface area contributed by atoms with Crippen LogP contribution in [0, 0.1) is 5.41 Å². The summed E-state index contributed by atoms with van der Waals surface area (Å²) in [6.07, 6.45) is 2.46. The first-order valence-corrected chi connectivity index (χ1v) is 12.7. The number of halogens is 1. The topological polar surface area (TPSA) is 101 Å². The minimum atomic E-state index is -0.815. The summed E-state index contributed by atoms with van der Waals surface area (Å²) in [5.74, 6) is 0.238. The van der Waals surface area contributed by atoms with Crippen molar-refractivity contribution >= 4 is 46.3 Å². The molecule has 0 aliphatic heterocycles. The molecule has 7 nitrogen and oxygen atoms in total. The van der Waals surface area contributed by atoms with Gasteiger partial charge in [-0.15, -0.1) is 11.3 Å². The lowest BCUT2D eigenvalue weighted by atomic mass is 9.86. The predicted molar refractivity (Wildman–Crippen MR) is 148 cm³/mol. The minimum absolute atomic E-state index is 0.0836. The molecule has 3 N–H and O–H groups in total. The maximum atomic E-state index is 12.7. The van der Waals surface area contributed by atoms with Gasteiger partial charge in [0.1, 0.15) is 5.75 Å². The van der Waals surface area contributed by atoms with Crippen LogP contribution >= 0.6 is 22.9 Å². The maximum Gasteiger partial charge on any atom is 0.323 e. The van der Waals surface area contributed by atoms with E-state index in [-0.39, 0.29) is 11.8 Å². The van der Waals surface area contributed by atoms with Crippen molar-refractivity contribution in [3.63, 3.8) is 0 Å². The van der Waals surface area contributed by atoms with Gasteiger partial charge in [-0.3, -0.25) is 4.79 Å². The number of para-hydroxylation sites is 1. The summed E-state index contributed by atoms with van der Waals surface area (Å²) >= 11 is 7.67. The van der Waals surface area contributed by atoms with Crippen LogP contribution in [0.15, 0.2) is 79.0 Å². The van der Waals surface area contributed by atoms with Crippen LogP contribution in [0.1, 0.15) is 25.3 Å². The van der Waals surface area contributed by atoms with Crippen LogP contribution in [0.4, 0.5) is 16.2 Å². The monoisotopic (exact) mass is 535 g/mol. The third-order valence-electron chi connectivity index (χ3n) is 5.40. The van der Waals surface area contributed by atoms with E-state index in [1.54, 1.807) is 24.4 Å². The molecule has 0 unspecified atom stereocenters. The third kappa shape index (κ3) is 7.55. The lowest BCUT2D eigenvalue weighted by molar-refractivity contribution is -0.139.